The molecule has 1 N–H and O–H groups in total. The van der Waals surface area contributed by atoms with Crippen LogP contribution >= 0.6 is 0 Å². The monoisotopic (exact) mass is 421 g/mol. The minimum atomic E-state index is -0.889. The van der Waals surface area contributed by atoms with E-state index in [4.69, 9.17) is 14.0 Å². The Labute approximate surface area is 178 Å². The number of ether oxygens (including phenoxy) is 2. The third kappa shape index (κ3) is 5.62. The molecular weight excluding hydrogens is 386 g/mol. The lowest BCUT2D eigenvalue weighted by molar-refractivity contribution is -0.142. The molecule has 7 nitrogen and oxygen atoms in total. The number of methoxy groups -OCH3 is 2. The molecule has 3 rings (SSSR count). The van der Waals surface area contributed by atoms with Gasteiger partial charge in [0.05, 0.1) is 25.8 Å². The molecule has 168 valence electrons. The Hall–Kier alpha value is -1.89. The highest BCUT2D eigenvalue weighted by Gasteiger charge is 2.42. The number of carbonyl (C=O) groups is 2. The van der Waals surface area contributed by atoms with Gasteiger partial charge in [0.25, 0.3) is 0 Å². The highest BCUT2D eigenvalue weighted by molar-refractivity contribution is 5.70. The van der Waals surface area contributed by atoms with Crippen LogP contribution in [-0.2, 0) is 19.1 Å². The van der Waals surface area contributed by atoms with E-state index in [2.05, 4.69) is 19.0 Å². The molecule has 30 heavy (non-hydrogen) atoms. The van der Waals surface area contributed by atoms with E-state index in [0.717, 1.165) is 55.7 Å². The van der Waals surface area contributed by atoms with E-state index in [-0.39, 0.29) is 30.1 Å². The smallest absolute Gasteiger partial charge is 0.305 e. The van der Waals surface area contributed by atoms with Crippen molar-refractivity contribution in [3.05, 3.63) is 17.0 Å². The first-order valence-corrected chi connectivity index (χ1v) is 11.0. The minimum absolute atomic E-state index is 0.0544. The van der Waals surface area contributed by atoms with E-state index >= 15 is 0 Å². The quantitative estimate of drug-likeness (QED) is 0.492. The van der Waals surface area contributed by atoms with Crippen LogP contribution in [0.3, 0.4) is 0 Å². The number of carbonyl (C=O) groups excluding carboxylic acids is 1. The lowest BCUT2D eigenvalue weighted by Gasteiger charge is -2.39. The number of aliphatic carboxylic acids is 1. The second kappa shape index (κ2) is 9.50. The molecule has 0 bridgehead atoms. The maximum Gasteiger partial charge on any atom is 0.305 e. The molecule has 1 heterocycles. The van der Waals surface area contributed by atoms with Gasteiger partial charge in [-0.05, 0) is 55.8 Å². The number of nitrogens with zero attached hydrogens (tertiary/aromatic N) is 1. The van der Waals surface area contributed by atoms with Crippen molar-refractivity contribution in [3.8, 4) is 0 Å². The Kier molecular flexibility index (Phi) is 7.22. The fraction of sp³-hybridized carbons (Fsp3) is 0.783. The van der Waals surface area contributed by atoms with Gasteiger partial charge < -0.3 is 19.1 Å². The van der Waals surface area contributed by atoms with Crippen molar-refractivity contribution in [1.82, 2.24) is 5.16 Å². The molecule has 1 aromatic heterocycles. The van der Waals surface area contributed by atoms with Crippen LogP contribution in [-0.4, -0.2) is 43.0 Å². The lowest BCUT2D eigenvalue weighted by Crippen LogP contribution is -2.30. The topological polar surface area (TPSA) is 98.9 Å². The molecule has 2 aliphatic rings. The van der Waals surface area contributed by atoms with Crippen molar-refractivity contribution in [3.63, 3.8) is 0 Å². The summed E-state index contributed by atoms with van der Waals surface area (Å²) in [5.74, 6) is 0.835. The van der Waals surface area contributed by atoms with Gasteiger partial charge in [-0.25, -0.2) is 0 Å². The van der Waals surface area contributed by atoms with Crippen LogP contribution in [0.4, 0.5) is 0 Å². The molecule has 2 saturated carbocycles. The largest absolute Gasteiger partial charge is 0.481 e. The highest BCUT2D eigenvalue weighted by atomic mass is 16.5. The Morgan fingerprint density at radius 2 is 1.93 bits per heavy atom. The normalized spacial score (nSPS) is 22.4. The molecule has 0 aromatic carbocycles. The summed E-state index contributed by atoms with van der Waals surface area (Å²) in [4.78, 5) is 23.1. The molecule has 2 fully saturated rings. The summed E-state index contributed by atoms with van der Waals surface area (Å²) in [6.45, 7) is 5.23. The van der Waals surface area contributed by atoms with Crippen molar-refractivity contribution in [2.24, 2.45) is 11.3 Å². The summed E-state index contributed by atoms with van der Waals surface area (Å²) in [7, 11) is 3.09. The van der Waals surface area contributed by atoms with Gasteiger partial charge in [-0.2, -0.15) is 0 Å². The second-order valence-corrected chi connectivity index (χ2v) is 9.87. The number of carboxylic acids is 1. The molecule has 0 saturated heterocycles. The summed E-state index contributed by atoms with van der Waals surface area (Å²) in [6.07, 6.45) is 5.99. The number of hydrogen-bond donors (Lipinski definition) is 1. The van der Waals surface area contributed by atoms with E-state index in [9.17, 15) is 14.7 Å². The fourth-order valence-corrected chi connectivity index (χ4v) is 4.98. The predicted molar refractivity (Wildman–Crippen MR) is 110 cm³/mol. The predicted octanol–water partition coefficient (Wildman–Crippen LogP) is 4.62. The van der Waals surface area contributed by atoms with E-state index in [1.165, 1.54) is 7.11 Å². The van der Waals surface area contributed by atoms with Crippen molar-refractivity contribution >= 4 is 11.9 Å². The van der Waals surface area contributed by atoms with Crippen molar-refractivity contribution in [1.29, 1.82) is 0 Å². The number of aromatic nitrogens is 1. The molecule has 2 aliphatic carbocycles. The van der Waals surface area contributed by atoms with Crippen LogP contribution in [0.2, 0.25) is 0 Å². The number of esters is 1. The SMILES string of the molecule is COCC(C)(C)C[C@H]1C[C@@H](c2onc([C@@H](CCC(=O)OC)CC(=O)O)c2C2CC2)C1. The van der Waals surface area contributed by atoms with E-state index in [1.807, 2.05) is 0 Å². The van der Waals surface area contributed by atoms with Crippen LogP contribution < -0.4 is 0 Å². The van der Waals surface area contributed by atoms with Crippen LogP contribution in [0.5, 0.6) is 0 Å². The number of carboxylic acid groups (broad SMARTS) is 1. The van der Waals surface area contributed by atoms with Gasteiger partial charge in [0, 0.05) is 30.9 Å². The summed E-state index contributed by atoms with van der Waals surface area (Å²) in [5, 5.41) is 13.7. The number of hydrogen-bond acceptors (Lipinski definition) is 6. The Morgan fingerprint density at radius 3 is 2.50 bits per heavy atom. The molecule has 7 heteroatoms. The molecule has 0 unspecified atom stereocenters. The summed E-state index contributed by atoms with van der Waals surface area (Å²) in [5.41, 5.74) is 2.05. The van der Waals surface area contributed by atoms with E-state index < -0.39 is 5.97 Å². The molecule has 0 aliphatic heterocycles. The maximum absolute atomic E-state index is 11.6. The molecule has 1 aromatic rings. The van der Waals surface area contributed by atoms with Gasteiger partial charge in [0.2, 0.25) is 0 Å². The summed E-state index contributed by atoms with van der Waals surface area (Å²) in [6, 6.07) is 0. The van der Waals surface area contributed by atoms with Crippen molar-refractivity contribution in [2.75, 3.05) is 20.8 Å². The van der Waals surface area contributed by atoms with Crippen LogP contribution in [0.1, 0.15) is 100.0 Å². The average molecular weight is 422 g/mol. The Balaban J connectivity index is 1.72. The summed E-state index contributed by atoms with van der Waals surface area (Å²) >= 11 is 0. The fourth-order valence-electron chi connectivity index (χ4n) is 4.98. The molecule has 0 spiro atoms. The zero-order valence-corrected chi connectivity index (χ0v) is 18.6. The average Bonchev–Trinajstić information content (AvgIpc) is 3.39. The van der Waals surface area contributed by atoms with Crippen LogP contribution in [0.15, 0.2) is 4.52 Å². The standard InChI is InChI=1S/C23H35NO6/c1-23(2,13-28-3)12-14-9-17(10-14)22-20(15-5-6-15)21(24-30-22)16(11-18(25)26)7-8-19(27)29-4/h14-17H,5-13H2,1-4H3,(H,25,26)/t14-,16-,17+/m0/s1. The highest BCUT2D eigenvalue weighted by Crippen LogP contribution is 2.53. The zero-order valence-electron chi connectivity index (χ0n) is 18.6. The maximum atomic E-state index is 11.6. The van der Waals surface area contributed by atoms with Crippen LogP contribution in [0.25, 0.3) is 0 Å². The van der Waals surface area contributed by atoms with Gasteiger partial charge in [0.1, 0.15) is 5.76 Å². The third-order valence-corrected chi connectivity index (χ3v) is 6.48. The molecular formula is C23H35NO6. The first-order valence-electron chi connectivity index (χ1n) is 11.0. The second-order valence-electron chi connectivity index (χ2n) is 9.87. The summed E-state index contributed by atoms with van der Waals surface area (Å²) < 4.78 is 15.9. The molecule has 0 radical (unpaired) electrons. The van der Waals surface area contributed by atoms with Crippen LogP contribution in [0, 0.1) is 11.3 Å². The Morgan fingerprint density at radius 1 is 1.23 bits per heavy atom. The van der Waals surface area contributed by atoms with E-state index in [0.29, 0.717) is 24.2 Å². The van der Waals surface area contributed by atoms with Crippen molar-refractivity contribution in [2.45, 2.75) is 83.0 Å². The first kappa shape index (κ1) is 22.8. The third-order valence-electron chi connectivity index (χ3n) is 6.48. The van der Waals surface area contributed by atoms with Gasteiger partial charge in [-0.1, -0.05) is 19.0 Å². The van der Waals surface area contributed by atoms with Gasteiger partial charge in [0.15, 0.2) is 0 Å². The molecule has 0 amide bonds. The van der Waals surface area contributed by atoms with Gasteiger partial charge in [-0.15, -0.1) is 0 Å². The van der Waals surface area contributed by atoms with E-state index in [1.54, 1.807) is 7.11 Å². The minimum Gasteiger partial charge on any atom is -0.481 e. The first-order chi connectivity index (χ1) is 14.2. The van der Waals surface area contributed by atoms with Gasteiger partial charge >= 0.3 is 11.9 Å². The number of rotatable bonds is 12. The zero-order chi connectivity index (χ0) is 21.9. The van der Waals surface area contributed by atoms with Gasteiger partial charge in [-0.3, -0.25) is 9.59 Å². The lowest BCUT2D eigenvalue weighted by atomic mass is 9.66. The Bertz CT molecular complexity index is 745. The van der Waals surface area contributed by atoms with Crippen molar-refractivity contribution < 1.29 is 28.7 Å². The molecule has 1 atom stereocenters.